The fourth-order valence-electron chi connectivity index (χ4n) is 7.07. The van der Waals surface area contributed by atoms with Crippen LogP contribution >= 0.6 is 0 Å². The van der Waals surface area contributed by atoms with Crippen LogP contribution < -0.4 is 10.5 Å². The van der Waals surface area contributed by atoms with Crippen molar-refractivity contribution in [1.82, 2.24) is 19.5 Å². The predicted molar refractivity (Wildman–Crippen MR) is 144 cm³/mol. The largest absolute Gasteiger partial charge is 0.481 e. The number of hydrogen-bond donors (Lipinski definition) is 2. The summed E-state index contributed by atoms with van der Waals surface area (Å²) < 4.78 is 33.4. The number of carboxylic acids is 1. The normalized spacial score (nSPS) is 26.5. The molecule has 2 bridgehead atoms. The van der Waals surface area contributed by atoms with Crippen molar-refractivity contribution in [3.8, 4) is 16.9 Å². The van der Waals surface area contributed by atoms with Crippen LogP contribution in [-0.4, -0.2) is 50.1 Å². The van der Waals surface area contributed by atoms with Gasteiger partial charge in [-0.15, -0.1) is 0 Å². The number of ether oxygens (including phenoxy) is 1. The van der Waals surface area contributed by atoms with Gasteiger partial charge in [-0.05, 0) is 62.1 Å². The molecule has 3 aliphatic rings. The number of nitrogens with zero attached hydrogens (tertiary/aromatic N) is 4. The van der Waals surface area contributed by atoms with Gasteiger partial charge in [0.15, 0.2) is 0 Å². The highest BCUT2D eigenvalue weighted by Crippen LogP contribution is 2.54. The zero-order valence-electron chi connectivity index (χ0n) is 22.3. The van der Waals surface area contributed by atoms with Gasteiger partial charge in [0.25, 0.3) is 5.91 Å². The second-order valence-electron chi connectivity index (χ2n) is 11.7. The molecule has 0 saturated heterocycles. The van der Waals surface area contributed by atoms with Crippen molar-refractivity contribution >= 4 is 17.4 Å². The third-order valence-corrected chi connectivity index (χ3v) is 9.01. The topological polar surface area (TPSA) is 123 Å². The maximum Gasteiger partial charge on any atom is 0.387 e. The van der Waals surface area contributed by atoms with Crippen molar-refractivity contribution in [1.29, 1.82) is 0 Å². The fourth-order valence-corrected chi connectivity index (χ4v) is 7.07. The summed E-state index contributed by atoms with van der Waals surface area (Å²) in [6.45, 7) is -1.33. The number of carbonyl (C=O) groups excluding carboxylic acids is 1. The predicted octanol–water partition coefficient (Wildman–Crippen LogP) is 4.70. The van der Waals surface area contributed by atoms with Crippen molar-refractivity contribution in [3.63, 3.8) is 0 Å². The van der Waals surface area contributed by atoms with Gasteiger partial charge in [0.1, 0.15) is 5.75 Å². The van der Waals surface area contributed by atoms with Gasteiger partial charge in [0, 0.05) is 47.6 Å². The minimum absolute atomic E-state index is 0.00116. The molecule has 3 aromatic heterocycles. The first kappa shape index (κ1) is 25.6. The van der Waals surface area contributed by atoms with Crippen molar-refractivity contribution in [3.05, 3.63) is 82.9 Å². The Morgan fingerprint density at radius 2 is 1.95 bits per heavy atom. The van der Waals surface area contributed by atoms with Crippen LogP contribution in [-0.2, 0) is 10.3 Å². The van der Waals surface area contributed by atoms with E-state index in [-0.39, 0.29) is 23.6 Å². The number of nitrogens with two attached hydrogens (primary N) is 1. The van der Waals surface area contributed by atoms with E-state index in [0.717, 1.165) is 27.9 Å². The first-order chi connectivity index (χ1) is 19.5. The minimum Gasteiger partial charge on any atom is -0.481 e. The number of rotatable bonds is 5. The van der Waals surface area contributed by atoms with Gasteiger partial charge in [0.05, 0.1) is 33.9 Å². The van der Waals surface area contributed by atoms with E-state index in [4.69, 9.17) is 15.6 Å². The molecule has 0 radical (unpaired) electrons. The lowest BCUT2D eigenvalue weighted by atomic mass is 9.57. The van der Waals surface area contributed by atoms with Crippen LogP contribution in [0.2, 0.25) is 0 Å². The Balaban J connectivity index is 1.29. The molecule has 41 heavy (non-hydrogen) atoms. The summed E-state index contributed by atoms with van der Waals surface area (Å²) in [6.07, 6.45) is 4.70. The summed E-state index contributed by atoms with van der Waals surface area (Å²) in [6, 6.07) is 12.0. The van der Waals surface area contributed by atoms with Crippen LogP contribution in [0.4, 0.5) is 8.78 Å². The number of alkyl halides is 2. The lowest BCUT2D eigenvalue weighted by Crippen LogP contribution is -2.57. The van der Waals surface area contributed by atoms with Crippen molar-refractivity contribution in [2.45, 2.75) is 50.3 Å². The second kappa shape index (κ2) is 8.56. The van der Waals surface area contributed by atoms with E-state index in [1.54, 1.807) is 41.7 Å². The van der Waals surface area contributed by atoms with E-state index in [1.807, 2.05) is 30.5 Å². The van der Waals surface area contributed by atoms with Crippen LogP contribution in [0.3, 0.4) is 0 Å². The molecule has 3 N–H and O–H groups in total. The number of halogens is 2. The lowest BCUT2D eigenvalue weighted by molar-refractivity contribution is -0.158. The average molecular weight is 560 g/mol. The number of benzene rings is 1. The Bertz CT molecular complexity index is 1750. The number of pyridine rings is 2. The molecule has 1 aliphatic heterocycles. The zero-order valence-corrected chi connectivity index (χ0v) is 22.3. The molecule has 2 atom stereocenters. The Morgan fingerprint density at radius 1 is 1.17 bits per heavy atom. The Labute approximate surface area is 233 Å². The highest BCUT2D eigenvalue weighted by atomic mass is 19.3. The van der Waals surface area contributed by atoms with Gasteiger partial charge in [0.2, 0.25) is 0 Å². The molecule has 0 unspecified atom stereocenters. The standard InChI is InChI=1S/C30H27F2N5O4/c1-29(27(39)40)13-30(33,14-29)22-7-6-16(12-34-22)15-8-9-37-19(10-15)24-18-11-20(25(24)35-37)36(2)26(38)17-4-3-5-21(23(17)18)41-28(31)32/h3-10,12,18,20,28H,11,13-14,33H2,1-2H3,(H,39,40)/t18-,20-,29?,30?/m1/s1. The summed E-state index contributed by atoms with van der Waals surface area (Å²) >= 11 is 0. The van der Waals surface area contributed by atoms with Gasteiger partial charge < -0.3 is 20.5 Å². The summed E-state index contributed by atoms with van der Waals surface area (Å²) in [5.74, 6) is -1.47. The summed E-state index contributed by atoms with van der Waals surface area (Å²) in [7, 11) is 1.71. The molecular formula is C30H27F2N5O4. The quantitative estimate of drug-likeness (QED) is 0.363. The van der Waals surface area contributed by atoms with Gasteiger partial charge in [-0.3, -0.25) is 14.6 Å². The number of carbonyl (C=O) groups is 2. The lowest BCUT2D eigenvalue weighted by Gasteiger charge is -2.49. The summed E-state index contributed by atoms with van der Waals surface area (Å²) in [5, 5.41) is 14.3. The van der Waals surface area contributed by atoms with Crippen LogP contribution in [0.15, 0.2) is 54.9 Å². The van der Waals surface area contributed by atoms with Crippen LogP contribution in [0.1, 0.15) is 71.0 Å². The number of carboxylic acid groups (broad SMARTS) is 1. The van der Waals surface area contributed by atoms with Crippen molar-refractivity contribution < 1.29 is 28.2 Å². The number of aromatic nitrogens is 3. The third-order valence-electron chi connectivity index (χ3n) is 9.01. The molecule has 1 saturated carbocycles. The number of hydrogen-bond acceptors (Lipinski definition) is 6. The Kier molecular flexibility index (Phi) is 5.34. The average Bonchev–Trinajstić information content (AvgIpc) is 3.45. The van der Waals surface area contributed by atoms with E-state index < -0.39 is 23.5 Å². The maximum atomic E-state index is 13.4. The third kappa shape index (κ3) is 3.68. The van der Waals surface area contributed by atoms with E-state index in [2.05, 4.69) is 4.98 Å². The molecule has 2 aliphatic carbocycles. The minimum atomic E-state index is -3.02. The van der Waals surface area contributed by atoms with Crippen LogP contribution in [0.5, 0.6) is 5.75 Å². The van der Waals surface area contributed by atoms with Crippen LogP contribution in [0, 0.1) is 5.41 Å². The molecule has 9 nitrogen and oxygen atoms in total. The molecule has 0 spiro atoms. The monoisotopic (exact) mass is 559 g/mol. The van der Waals surface area contributed by atoms with Gasteiger partial charge in [-0.1, -0.05) is 12.1 Å². The first-order valence-corrected chi connectivity index (χ1v) is 13.4. The number of fused-ring (bicyclic) bond motifs is 9. The second-order valence-corrected chi connectivity index (χ2v) is 11.7. The maximum absolute atomic E-state index is 13.4. The highest BCUT2D eigenvalue weighted by molar-refractivity contribution is 5.98. The summed E-state index contributed by atoms with van der Waals surface area (Å²) in [5.41, 5.74) is 10.4. The first-order valence-electron chi connectivity index (χ1n) is 13.4. The molecular weight excluding hydrogens is 532 g/mol. The fraction of sp³-hybridized carbons (Fsp3) is 0.333. The Hall–Kier alpha value is -4.38. The van der Waals surface area contributed by atoms with Gasteiger partial charge in [-0.2, -0.15) is 13.9 Å². The van der Waals surface area contributed by atoms with E-state index in [9.17, 15) is 23.5 Å². The molecule has 1 aromatic carbocycles. The SMILES string of the molecule is CN1C(=O)c2cccc(OC(F)F)c2[C@H]2C[C@@H]1c1nn3ccc(-c4ccc(C5(N)CC(C)(C(=O)O)C5)nc4)cc3c12. The smallest absolute Gasteiger partial charge is 0.387 e. The van der Waals surface area contributed by atoms with Crippen molar-refractivity contribution in [2.75, 3.05) is 7.05 Å². The zero-order chi connectivity index (χ0) is 28.8. The van der Waals surface area contributed by atoms with Gasteiger partial charge in [-0.25, -0.2) is 4.52 Å². The molecule has 1 fully saturated rings. The molecule has 4 aromatic rings. The molecule has 1 amide bonds. The van der Waals surface area contributed by atoms with E-state index >= 15 is 0 Å². The molecule has 210 valence electrons. The van der Waals surface area contributed by atoms with Crippen LogP contribution in [0.25, 0.3) is 16.6 Å². The van der Waals surface area contributed by atoms with Crippen molar-refractivity contribution in [2.24, 2.45) is 11.1 Å². The van der Waals surface area contributed by atoms with E-state index in [1.165, 1.54) is 6.07 Å². The molecule has 11 heteroatoms. The highest BCUT2D eigenvalue weighted by Gasteiger charge is 2.55. The summed E-state index contributed by atoms with van der Waals surface area (Å²) in [4.78, 5) is 31.1. The van der Waals surface area contributed by atoms with Gasteiger partial charge >= 0.3 is 12.6 Å². The molecule has 7 rings (SSSR count). The molecule has 4 heterocycles. The van der Waals surface area contributed by atoms with E-state index in [0.29, 0.717) is 36.1 Å². The Morgan fingerprint density at radius 3 is 2.63 bits per heavy atom. The number of aliphatic carboxylic acids is 1. The number of amides is 1.